The maximum atomic E-state index is 4.55. The lowest BCUT2D eigenvalue weighted by atomic mass is 10.0. The summed E-state index contributed by atoms with van der Waals surface area (Å²) in [5.74, 6) is 0. The molecule has 0 aliphatic carbocycles. The van der Waals surface area contributed by atoms with Crippen LogP contribution in [-0.2, 0) is 0 Å². The molecule has 1 saturated heterocycles. The molecule has 0 N–H and O–H groups in total. The molecule has 21 heavy (non-hydrogen) atoms. The number of benzene rings is 2. The predicted octanol–water partition coefficient (Wildman–Crippen LogP) is 5.36. The number of hydrogen-bond donors (Lipinski definition) is 0. The predicted molar refractivity (Wildman–Crippen MR) is 94.7 cm³/mol. The van der Waals surface area contributed by atoms with E-state index in [1.54, 1.807) is 0 Å². The Labute approximate surface area is 139 Å². The van der Waals surface area contributed by atoms with Gasteiger partial charge in [0.25, 0.3) is 0 Å². The van der Waals surface area contributed by atoms with Crippen molar-refractivity contribution in [3.8, 4) is 11.1 Å². The molecule has 2 aromatic rings. The first-order chi connectivity index (χ1) is 10.2. The van der Waals surface area contributed by atoms with Crippen molar-refractivity contribution >= 4 is 28.3 Å². The van der Waals surface area contributed by atoms with Crippen molar-refractivity contribution in [2.24, 2.45) is 10.3 Å². The second-order valence-electron chi connectivity index (χ2n) is 5.36. The van der Waals surface area contributed by atoms with Gasteiger partial charge in [-0.1, -0.05) is 35.6 Å². The van der Waals surface area contributed by atoms with Gasteiger partial charge in [-0.2, -0.15) is 0 Å². The summed E-state index contributed by atoms with van der Waals surface area (Å²) < 4.78 is 1.15. The minimum Gasteiger partial charge on any atom is -0.278 e. The molecule has 0 spiro atoms. The standard InChI is InChI=1S/C17H18IN3/c1-13-11-15(14-7-3-2-4-8-14)17(16(18)12-13)19-20-21-9-5-6-10-21/h2-4,7-8,11-12H,5-6,9-10H2,1H3. The van der Waals surface area contributed by atoms with E-state index < -0.39 is 0 Å². The second kappa shape index (κ2) is 6.56. The minimum atomic E-state index is 0.972. The molecule has 1 aliphatic rings. The Hall–Kier alpha value is -1.43. The van der Waals surface area contributed by atoms with Gasteiger partial charge >= 0.3 is 0 Å². The first kappa shape index (κ1) is 14.5. The Morgan fingerprint density at radius 3 is 2.48 bits per heavy atom. The minimum absolute atomic E-state index is 0.972. The molecule has 0 radical (unpaired) electrons. The van der Waals surface area contributed by atoms with Gasteiger partial charge in [-0.25, -0.2) is 0 Å². The van der Waals surface area contributed by atoms with E-state index in [1.807, 2.05) is 6.07 Å². The molecule has 108 valence electrons. The van der Waals surface area contributed by atoms with Crippen molar-refractivity contribution in [3.63, 3.8) is 0 Å². The lowest BCUT2D eigenvalue weighted by Gasteiger charge is -2.11. The summed E-state index contributed by atoms with van der Waals surface area (Å²) >= 11 is 2.35. The topological polar surface area (TPSA) is 28.0 Å². The largest absolute Gasteiger partial charge is 0.278 e. The van der Waals surface area contributed by atoms with E-state index in [-0.39, 0.29) is 0 Å². The van der Waals surface area contributed by atoms with E-state index in [4.69, 9.17) is 0 Å². The molecule has 1 aliphatic heterocycles. The van der Waals surface area contributed by atoms with Crippen LogP contribution in [-0.4, -0.2) is 18.1 Å². The van der Waals surface area contributed by atoms with Crippen molar-refractivity contribution in [2.45, 2.75) is 19.8 Å². The fourth-order valence-electron chi connectivity index (χ4n) is 2.57. The number of hydrogen-bond acceptors (Lipinski definition) is 2. The third-order valence-corrected chi connectivity index (χ3v) is 4.47. The van der Waals surface area contributed by atoms with Gasteiger partial charge in [0.05, 0.1) is 0 Å². The molecule has 4 heteroatoms. The molecule has 0 amide bonds. The van der Waals surface area contributed by atoms with E-state index in [1.165, 1.54) is 24.0 Å². The molecule has 1 heterocycles. The highest BCUT2D eigenvalue weighted by molar-refractivity contribution is 14.1. The highest BCUT2D eigenvalue weighted by atomic mass is 127. The summed E-state index contributed by atoms with van der Waals surface area (Å²) in [5.41, 5.74) is 4.56. The highest BCUT2D eigenvalue weighted by Crippen LogP contribution is 2.36. The zero-order valence-electron chi connectivity index (χ0n) is 12.1. The van der Waals surface area contributed by atoms with Gasteiger partial charge in [-0.15, -0.1) is 5.11 Å². The van der Waals surface area contributed by atoms with Crippen LogP contribution in [0.4, 0.5) is 5.69 Å². The first-order valence-corrected chi connectivity index (χ1v) is 8.34. The molecule has 0 unspecified atom stereocenters. The van der Waals surface area contributed by atoms with E-state index in [0.29, 0.717) is 0 Å². The molecular weight excluding hydrogens is 373 g/mol. The summed E-state index contributed by atoms with van der Waals surface area (Å²) in [6, 6.07) is 14.8. The first-order valence-electron chi connectivity index (χ1n) is 7.26. The summed E-state index contributed by atoms with van der Waals surface area (Å²) in [4.78, 5) is 0. The van der Waals surface area contributed by atoms with Crippen LogP contribution in [0.5, 0.6) is 0 Å². The van der Waals surface area contributed by atoms with Crippen LogP contribution < -0.4 is 0 Å². The van der Waals surface area contributed by atoms with Crippen LogP contribution in [0.25, 0.3) is 11.1 Å². The fraction of sp³-hybridized carbons (Fsp3) is 0.294. The van der Waals surface area contributed by atoms with Gasteiger partial charge < -0.3 is 0 Å². The van der Waals surface area contributed by atoms with E-state index >= 15 is 0 Å². The quantitative estimate of drug-likeness (QED) is 0.511. The molecule has 1 fully saturated rings. The number of rotatable bonds is 3. The molecule has 0 bridgehead atoms. The Balaban J connectivity index is 2.02. The van der Waals surface area contributed by atoms with Gasteiger partial charge in [-0.3, -0.25) is 5.01 Å². The van der Waals surface area contributed by atoms with Gasteiger partial charge in [-0.05, 0) is 65.6 Å². The van der Waals surface area contributed by atoms with Gasteiger partial charge in [0.2, 0.25) is 0 Å². The Morgan fingerprint density at radius 2 is 1.76 bits per heavy atom. The van der Waals surface area contributed by atoms with Crippen molar-refractivity contribution < 1.29 is 0 Å². The average molecular weight is 391 g/mol. The molecule has 3 nitrogen and oxygen atoms in total. The highest BCUT2D eigenvalue weighted by Gasteiger charge is 2.12. The van der Waals surface area contributed by atoms with Crippen LogP contribution in [0.2, 0.25) is 0 Å². The number of halogens is 1. The lowest BCUT2D eigenvalue weighted by Crippen LogP contribution is -2.09. The van der Waals surface area contributed by atoms with E-state index in [9.17, 15) is 0 Å². The molecule has 0 atom stereocenters. The molecule has 3 rings (SSSR count). The van der Waals surface area contributed by atoms with Crippen molar-refractivity contribution in [2.75, 3.05) is 13.1 Å². The van der Waals surface area contributed by atoms with Gasteiger partial charge in [0.1, 0.15) is 5.69 Å². The Bertz CT molecular complexity index is 647. The summed E-state index contributed by atoms with van der Waals surface area (Å²) in [6.07, 6.45) is 2.44. The third kappa shape index (κ3) is 3.43. The average Bonchev–Trinajstić information content (AvgIpc) is 3.00. The summed E-state index contributed by atoms with van der Waals surface area (Å²) in [6.45, 7) is 4.16. The Kier molecular flexibility index (Phi) is 4.53. The van der Waals surface area contributed by atoms with Gasteiger partial charge in [0.15, 0.2) is 0 Å². The maximum Gasteiger partial charge on any atom is 0.109 e. The number of nitrogens with zero attached hydrogens (tertiary/aromatic N) is 3. The van der Waals surface area contributed by atoms with Gasteiger partial charge in [0, 0.05) is 22.2 Å². The van der Waals surface area contributed by atoms with E-state index in [2.05, 4.69) is 81.3 Å². The fourth-order valence-corrected chi connectivity index (χ4v) is 3.46. The van der Waals surface area contributed by atoms with Crippen molar-refractivity contribution in [1.82, 2.24) is 5.01 Å². The molecule has 2 aromatic carbocycles. The maximum absolute atomic E-state index is 4.55. The van der Waals surface area contributed by atoms with E-state index in [0.717, 1.165) is 27.9 Å². The van der Waals surface area contributed by atoms with Crippen LogP contribution in [0, 0.1) is 10.5 Å². The SMILES string of the molecule is Cc1cc(I)c(N=NN2CCCC2)c(-c2ccccc2)c1. The second-order valence-corrected chi connectivity index (χ2v) is 6.52. The summed E-state index contributed by atoms with van der Waals surface area (Å²) in [7, 11) is 0. The van der Waals surface area contributed by atoms with Crippen LogP contribution in [0.3, 0.4) is 0 Å². The van der Waals surface area contributed by atoms with Crippen LogP contribution in [0.1, 0.15) is 18.4 Å². The van der Waals surface area contributed by atoms with Crippen LogP contribution in [0.15, 0.2) is 52.8 Å². The third-order valence-electron chi connectivity index (χ3n) is 3.65. The molecule has 0 aromatic heterocycles. The normalized spacial score (nSPS) is 15.0. The summed E-state index contributed by atoms with van der Waals surface area (Å²) in [5, 5.41) is 11.0. The lowest BCUT2D eigenvalue weighted by molar-refractivity contribution is 0.336. The Morgan fingerprint density at radius 1 is 1.05 bits per heavy atom. The zero-order valence-corrected chi connectivity index (χ0v) is 14.2. The number of aryl methyl sites for hydroxylation is 1. The van der Waals surface area contributed by atoms with Crippen molar-refractivity contribution in [1.29, 1.82) is 0 Å². The van der Waals surface area contributed by atoms with Crippen molar-refractivity contribution in [3.05, 3.63) is 51.6 Å². The molecular formula is C17H18IN3. The van der Waals surface area contributed by atoms with Crippen LogP contribution >= 0.6 is 22.6 Å². The monoisotopic (exact) mass is 391 g/mol. The smallest absolute Gasteiger partial charge is 0.109 e. The zero-order chi connectivity index (χ0) is 14.7. The molecule has 0 saturated carbocycles.